The van der Waals surface area contributed by atoms with Crippen molar-refractivity contribution in [2.24, 2.45) is 5.92 Å². The molecule has 7 heteroatoms. The molecule has 0 spiro atoms. The van der Waals surface area contributed by atoms with Crippen LogP contribution in [0, 0.1) is 11.7 Å². The van der Waals surface area contributed by atoms with Gasteiger partial charge in [-0.2, -0.15) is 0 Å². The third kappa shape index (κ3) is 5.95. The normalized spacial score (nSPS) is 16.0. The number of H-pyrrole nitrogens is 1. The largest absolute Gasteiger partial charge is 0.444 e. The first-order valence-corrected chi connectivity index (χ1v) is 10.2. The zero-order valence-corrected chi connectivity index (χ0v) is 17.3. The Hall–Kier alpha value is -2.57. The Morgan fingerprint density at radius 1 is 1.28 bits per heavy atom. The number of carbonyl (C=O) groups excluding carboxylic acids is 2. The molecule has 1 aliphatic rings. The molecule has 3 rings (SSSR count). The SMILES string of the molecule is CC(C)(C)OC(=O)NCC(NC(=O)Cc1c[nH]c2ccc(F)cc12)C1CCCC1. The molecule has 1 aromatic heterocycles. The van der Waals surface area contributed by atoms with Gasteiger partial charge in [0.25, 0.3) is 0 Å². The van der Waals surface area contributed by atoms with E-state index in [9.17, 15) is 14.0 Å². The van der Waals surface area contributed by atoms with Gasteiger partial charge in [0, 0.05) is 29.7 Å². The lowest BCUT2D eigenvalue weighted by Gasteiger charge is -2.26. The highest BCUT2D eigenvalue weighted by Crippen LogP contribution is 2.28. The molecule has 1 atom stereocenters. The van der Waals surface area contributed by atoms with Crippen LogP contribution < -0.4 is 10.6 Å². The number of fused-ring (bicyclic) bond motifs is 1. The smallest absolute Gasteiger partial charge is 0.407 e. The van der Waals surface area contributed by atoms with E-state index in [1.54, 1.807) is 12.3 Å². The fourth-order valence-corrected chi connectivity index (χ4v) is 3.93. The Labute approximate surface area is 170 Å². The number of aromatic amines is 1. The molecule has 1 saturated carbocycles. The van der Waals surface area contributed by atoms with Crippen LogP contribution in [0.15, 0.2) is 24.4 Å². The molecule has 158 valence electrons. The van der Waals surface area contributed by atoms with Crippen molar-refractivity contribution in [1.29, 1.82) is 0 Å². The topological polar surface area (TPSA) is 83.2 Å². The molecule has 2 aromatic rings. The number of aromatic nitrogens is 1. The number of hydrogen-bond donors (Lipinski definition) is 3. The molecule has 6 nitrogen and oxygen atoms in total. The molecule has 0 saturated heterocycles. The third-order valence-corrected chi connectivity index (χ3v) is 5.26. The Balaban J connectivity index is 1.62. The number of hydrogen-bond acceptors (Lipinski definition) is 3. The number of benzene rings is 1. The highest BCUT2D eigenvalue weighted by atomic mass is 19.1. The first-order chi connectivity index (χ1) is 13.7. The minimum absolute atomic E-state index is 0.141. The second-order valence-corrected chi connectivity index (χ2v) is 8.78. The number of halogens is 1. The van der Waals surface area contributed by atoms with Crippen LogP contribution in [0.5, 0.6) is 0 Å². The average molecular weight is 403 g/mol. The average Bonchev–Trinajstić information content (AvgIpc) is 3.27. The standard InChI is InChI=1S/C22H30FN3O3/c1-22(2,3)29-21(28)25-13-19(14-6-4-5-7-14)26-20(27)10-15-12-24-18-9-8-16(23)11-17(15)18/h8-9,11-12,14,19,24H,4-7,10,13H2,1-3H3,(H,25,28)(H,26,27). The van der Waals surface area contributed by atoms with Gasteiger partial charge in [-0.15, -0.1) is 0 Å². The summed E-state index contributed by atoms with van der Waals surface area (Å²) >= 11 is 0. The molecule has 0 aliphatic heterocycles. The molecule has 1 aromatic carbocycles. The van der Waals surface area contributed by atoms with Gasteiger partial charge in [-0.3, -0.25) is 4.79 Å². The maximum Gasteiger partial charge on any atom is 0.407 e. The fraction of sp³-hybridized carbons (Fsp3) is 0.545. The van der Waals surface area contributed by atoms with E-state index in [1.807, 2.05) is 20.8 Å². The number of ether oxygens (including phenoxy) is 1. The van der Waals surface area contributed by atoms with Gasteiger partial charge in [0.05, 0.1) is 6.42 Å². The third-order valence-electron chi connectivity index (χ3n) is 5.26. The van der Waals surface area contributed by atoms with E-state index in [1.165, 1.54) is 12.1 Å². The molecular weight excluding hydrogens is 373 g/mol. The minimum atomic E-state index is -0.569. The van der Waals surface area contributed by atoms with Crippen molar-refractivity contribution in [2.75, 3.05) is 6.54 Å². The lowest BCUT2D eigenvalue weighted by Crippen LogP contribution is -2.48. The summed E-state index contributed by atoms with van der Waals surface area (Å²) < 4.78 is 18.9. The second-order valence-electron chi connectivity index (χ2n) is 8.78. The Morgan fingerprint density at radius 3 is 2.69 bits per heavy atom. The van der Waals surface area contributed by atoms with Gasteiger partial charge in [-0.25, -0.2) is 9.18 Å². The summed E-state index contributed by atoms with van der Waals surface area (Å²) in [5, 5.41) is 6.58. The summed E-state index contributed by atoms with van der Waals surface area (Å²) in [5.74, 6) is -0.142. The van der Waals surface area contributed by atoms with Gasteiger partial charge in [-0.1, -0.05) is 12.8 Å². The maximum absolute atomic E-state index is 13.6. The van der Waals surface area contributed by atoms with E-state index < -0.39 is 11.7 Å². The van der Waals surface area contributed by atoms with Crippen LogP contribution in [-0.2, 0) is 16.0 Å². The first kappa shape index (κ1) is 21.1. The van der Waals surface area contributed by atoms with Crippen molar-refractivity contribution in [3.8, 4) is 0 Å². The second kappa shape index (κ2) is 8.84. The molecule has 29 heavy (non-hydrogen) atoms. The van der Waals surface area contributed by atoms with Crippen LogP contribution in [0.4, 0.5) is 9.18 Å². The predicted octanol–water partition coefficient (Wildman–Crippen LogP) is 4.05. The summed E-state index contributed by atoms with van der Waals surface area (Å²) in [4.78, 5) is 27.8. The van der Waals surface area contributed by atoms with Crippen molar-refractivity contribution in [2.45, 2.75) is 64.5 Å². The molecule has 1 heterocycles. The monoisotopic (exact) mass is 403 g/mol. The van der Waals surface area contributed by atoms with E-state index in [4.69, 9.17) is 4.74 Å². The van der Waals surface area contributed by atoms with Crippen LogP contribution in [0.1, 0.15) is 52.0 Å². The highest BCUT2D eigenvalue weighted by Gasteiger charge is 2.27. The van der Waals surface area contributed by atoms with E-state index >= 15 is 0 Å². The lowest BCUT2D eigenvalue weighted by atomic mass is 9.97. The van der Waals surface area contributed by atoms with Gasteiger partial charge >= 0.3 is 6.09 Å². The Bertz CT molecular complexity index is 866. The van der Waals surface area contributed by atoms with Crippen molar-refractivity contribution in [3.63, 3.8) is 0 Å². The van der Waals surface area contributed by atoms with Crippen LogP contribution in [0.3, 0.4) is 0 Å². The molecule has 1 aliphatic carbocycles. The minimum Gasteiger partial charge on any atom is -0.444 e. The van der Waals surface area contributed by atoms with Gasteiger partial charge in [0.15, 0.2) is 0 Å². The number of carbonyl (C=O) groups is 2. The Kier molecular flexibility index (Phi) is 6.45. The van der Waals surface area contributed by atoms with Crippen LogP contribution >= 0.6 is 0 Å². The Morgan fingerprint density at radius 2 is 2.00 bits per heavy atom. The number of rotatable bonds is 6. The number of alkyl carbamates (subject to hydrolysis) is 1. The quantitative estimate of drug-likeness (QED) is 0.680. The van der Waals surface area contributed by atoms with Crippen LogP contribution in [0.2, 0.25) is 0 Å². The van der Waals surface area contributed by atoms with Crippen molar-refractivity contribution in [1.82, 2.24) is 15.6 Å². The predicted molar refractivity (Wildman–Crippen MR) is 110 cm³/mol. The van der Waals surface area contributed by atoms with Crippen LogP contribution in [0.25, 0.3) is 10.9 Å². The van der Waals surface area contributed by atoms with Gasteiger partial charge in [-0.05, 0) is 63.3 Å². The molecule has 3 N–H and O–H groups in total. The van der Waals surface area contributed by atoms with E-state index in [0.717, 1.165) is 36.8 Å². The number of nitrogens with one attached hydrogen (secondary N) is 3. The zero-order chi connectivity index (χ0) is 21.0. The van der Waals surface area contributed by atoms with Crippen molar-refractivity contribution < 1.29 is 18.7 Å². The lowest BCUT2D eigenvalue weighted by molar-refractivity contribution is -0.121. The first-order valence-electron chi connectivity index (χ1n) is 10.2. The van der Waals surface area contributed by atoms with Crippen molar-refractivity contribution >= 4 is 22.9 Å². The summed E-state index contributed by atoms with van der Waals surface area (Å²) in [7, 11) is 0. The molecule has 2 amide bonds. The number of amides is 2. The van der Waals surface area contributed by atoms with E-state index in [0.29, 0.717) is 17.8 Å². The maximum atomic E-state index is 13.6. The van der Waals surface area contributed by atoms with Gasteiger partial charge in [0.1, 0.15) is 11.4 Å². The molecular formula is C22H30FN3O3. The van der Waals surface area contributed by atoms with E-state index in [2.05, 4.69) is 15.6 Å². The summed E-state index contributed by atoms with van der Waals surface area (Å²) in [6.45, 7) is 5.76. The molecule has 0 bridgehead atoms. The zero-order valence-electron chi connectivity index (χ0n) is 17.3. The molecule has 0 radical (unpaired) electrons. The van der Waals surface area contributed by atoms with Crippen molar-refractivity contribution in [3.05, 3.63) is 35.8 Å². The van der Waals surface area contributed by atoms with E-state index in [-0.39, 0.29) is 24.2 Å². The molecule has 1 fully saturated rings. The van der Waals surface area contributed by atoms with Gasteiger partial charge < -0.3 is 20.4 Å². The summed E-state index contributed by atoms with van der Waals surface area (Å²) in [5.41, 5.74) is 0.983. The summed E-state index contributed by atoms with van der Waals surface area (Å²) in [6, 6.07) is 4.34. The fourth-order valence-electron chi connectivity index (χ4n) is 3.93. The summed E-state index contributed by atoms with van der Waals surface area (Å²) in [6.07, 6.45) is 5.73. The highest BCUT2D eigenvalue weighted by molar-refractivity contribution is 5.89. The van der Waals surface area contributed by atoms with Crippen LogP contribution in [-0.4, -0.2) is 35.2 Å². The molecule has 1 unspecified atom stereocenters. The van der Waals surface area contributed by atoms with Gasteiger partial charge in [0.2, 0.25) is 5.91 Å².